The molecule has 3 heteroatoms. The van der Waals surface area contributed by atoms with Gasteiger partial charge in [0, 0.05) is 11.1 Å². The Labute approximate surface area is 101 Å². The van der Waals surface area contributed by atoms with Gasteiger partial charge in [0.1, 0.15) is 6.33 Å². The van der Waals surface area contributed by atoms with Gasteiger partial charge in [-0.15, -0.1) is 0 Å². The molecule has 0 amide bonds. The van der Waals surface area contributed by atoms with Gasteiger partial charge < -0.3 is 0 Å². The second-order valence-electron chi connectivity index (χ2n) is 3.54. The van der Waals surface area contributed by atoms with Crippen LogP contribution >= 0.6 is 0 Å². The van der Waals surface area contributed by atoms with Gasteiger partial charge in [-0.2, -0.15) is 0 Å². The molecule has 1 aliphatic rings. The molecule has 0 aromatic carbocycles. The van der Waals surface area contributed by atoms with Crippen molar-refractivity contribution < 1.29 is 0 Å². The van der Waals surface area contributed by atoms with Crippen LogP contribution < -0.4 is 0 Å². The molecule has 2 rings (SSSR count). The van der Waals surface area contributed by atoms with E-state index in [9.17, 15) is 0 Å². The molecule has 0 N–H and O–H groups in total. The van der Waals surface area contributed by atoms with Crippen LogP contribution in [-0.2, 0) is 0 Å². The van der Waals surface area contributed by atoms with E-state index in [1.165, 1.54) is 6.33 Å². The molecule has 84 valence electrons. The van der Waals surface area contributed by atoms with E-state index in [0.717, 1.165) is 12.0 Å². The molecular formula is C14H13N3. The minimum Gasteiger partial charge on any atom is -0.217 e. The van der Waals surface area contributed by atoms with E-state index in [2.05, 4.69) is 40.3 Å². The summed E-state index contributed by atoms with van der Waals surface area (Å²) in [6.07, 6.45) is 14.1. The Bertz CT molecular complexity index is 536. The second-order valence-corrected chi connectivity index (χ2v) is 3.54. The molecule has 17 heavy (non-hydrogen) atoms. The summed E-state index contributed by atoms with van der Waals surface area (Å²) >= 11 is 0. The summed E-state index contributed by atoms with van der Waals surface area (Å²) in [4.78, 5) is 12.6. The summed E-state index contributed by atoms with van der Waals surface area (Å²) in [5.74, 6) is 1.23. The number of nitrogens with zero attached hydrogens (tertiary/aromatic N) is 3. The predicted molar refractivity (Wildman–Crippen MR) is 69.9 cm³/mol. The topological polar surface area (TPSA) is 38.7 Å². The summed E-state index contributed by atoms with van der Waals surface area (Å²) in [7, 11) is 0. The van der Waals surface area contributed by atoms with E-state index in [-0.39, 0.29) is 0 Å². The fourth-order valence-electron chi connectivity index (χ4n) is 1.43. The molecule has 0 saturated heterocycles. The summed E-state index contributed by atoms with van der Waals surface area (Å²) in [6.45, 7) is 7.48. The molecule has 0 spiro atoms. The molecule has 3 nitrogen and oxygen atoms in total. The van der Waals surface area contributed by atoms with Crippen molar-refractivity contribution in [3.05, 3.63) is 67.6 Å². The Morgan fingerprint density at radius 3 is 3.00 bits per heavy atom. The lowest BCUT2D eigenvalue weighted by Crippen LogP contribution is -1.99. The smallest absolute Gasteiger partial charge is 0.163 e. The first kappa shape index (κ1) is 11.2. The summed E-state index contributed by atoms with van der Waals surface area (Å²) in [5, 5.41) is 0. The molecule has 0 bridgehead atoms. The highest BCUT2D eigenvalue weighted by Crippen LogP contribution is 2.16. The Hall–Kier alpha value is -2.29. The maximum Gasteiger partial charge on any atom is 0.163 e. The van der Waals surface area contributed by atoms with Gasteiger partial charge in [0.25, 0.3) is 0 Å². The maximum atomic E-state index is 4.37. The van der Waals surface area contributed by atoms with Gasteiger partial charge in [-0.3, -0.25) is 0 Å². The molecule has 0 unspecified atom stereocenters. The standard InChI is InChI=1S/C14H13N3/c1-3-11(2)13-15-10-16-14(17-13)12-8-6-4-5-7-9-12/h3-6,8-10H,1-2,7H2. The largest absolute Gasteiger partial charge is 0.217 e. The van der Waals surface area contributed by atoms with Crippen LogP contribution in [0, 0.1) is 0 Å². The van der Waals surface area contributed by atoms with E-state index < -0.39 is 0 Å². The number of hydrogen-bond donors (Lipinski definition) is 0. The van der Waals surface area contributed by atoms with Crippen LogP contribution in [0.2, 0.25) is 0 Å². The Morgan fingerprint density at radius 2 is 2.18 bits per heavy atom. The van der Waals surface area contributed by atoms with Crippen molar-refractivity contribution in [2.75, 3.05) is 0 Å². The number of hydrogen-bond acceptors (Lipinski definition) is 3. The fraction of sp³-hybridized carbons (Fsp3) is 0.0714. The Morgan fingerprint density at radius 1 is 1.29 bits per heavy atom. The zero-order chi connectivity index (χ0) is 12.1. The molecule has 1 aliphatic carbocycles. The molecule has 0 radical (unpaired) electrons. The van der Waals surface area contributed by atoms with Crippen LogP contribution in [0.3, 0.4) is 0 Å². The Kier molecular flexibility index (Phi) is 3.40. The minimum absolute atomic E-state index is 0.566. The number of rotatable bonds is 3. The molecule has 0 aliphatic heterocycles. The van der Waals surface area contributed by atoms with Crippen LogP contribution in [0.1, 0.15) is 18.1 Å². The molecule has 1 aromatic rings. The maximum absolute atomic E-state index is 4.37. The first-order valence-electron chi connectivity index (χ1n) is 5.36. The third kappa shape index (κ3) is 2.64. The van der Waals surface area contributed by atoms with Crippen LogP contribution in [0.25, 0.3) is 11.1 Å². The highest BCUT2D eigenvalue weighted by molar-refractivity contribution is 5.72. The van der Waals surface area contributed by atoms with Gasteiger partial charge >= 0.3 is 0 Å². The molecule has 0 fully saturated rings. The molecule has 0 saturated carbocycles. The minimum atomic E-state index is 0.566. The van der Waals surface area contributed by atoms with Gasteiger partial charge in [-0.05, 0) is 6.42 Å². The average molecular weight is 223 g/mol. The van der Waals surface area contributed by atoms with Crippen molar-refractivity contribution in [1.82, 2.24) is 15.0 Å². The number of aromatic nitrogens is 3. The van der Waals surface area contributed by atoms with Gasteiger partial charge in [0.05, 0.1) is 0 Å². The highest BCUT2D eigenvalue weighted by atomic mass is 15.0. The van der Waals surface area contributed by atoms with E-state index in [1.54, 1.807) is 6.08 Å². The fourth-order valence-corrected chi connectivity index (χ4v) is 1.43. The molecule has 1 aromatic heterocycles. The SMILES string of the molecule is C=CC(=C)c1ncnc(C2=CCC=CC=C2)n1. The lowest BCUT2D eigenvalue weighted by molar-refractivity contribution is 0.993. The molecule has 1 heterocycles. The monoisotopic (exact) mass is 223 g/mol. The van der Waals surface area contributed by atoms with Crippen LogP contribution in [0.15, 0.2) is 55.9 Å². The normalized spacial score (nSPS) is 14.0. The second kappa shape index (κ2) is 5.16. The third-order valence-corrected chi connectivity index (χ3v) is 2.36. The van der Waals surface area contributed by atoms with Gasteiger partial charge in [-0.25, -0.2) is 15.0 Å². The molecular weight excluding hydrogens is 210 g/mol. The van der Waals surface area contributed by atoms with Crippen molar-refractivity contribution in [2.24, 2.45) is 0 Å². The lowest BCUT2D eigenvalue weighted by Gasteiger charge is -2.02. The van der Waals surface area contributed by atoms with E-state index in [1.807, 2.05) is 18.2 Å². The van der Waals surface area contributed by atoms with Crippen molar-refractivity contribution >= 4 is 11.1 Å². The van der Waals surface area contributed by atoms with Gasteiger partial charge in [0.15, 0.2) is 11.6 Å². The van der Waals surface area contributed by atoms with Crippen LogP contribution in [-0.4, -0.2) is 15.0 Å². The van der Waals surface area contributed by atoms with E-state index >= 15 is 0 Å². The van der Waals surface area contributed by atoms with Gasteiger partial charge in [-0.1, -0.05) is 49.6 Å². The van der Waals surface area contributed by atoms with Crippen molar-refractivity contribution in [1.29, 1.82) is 0 Å². The summed E-state index contributed by atoms with van der Waals surface area (Å²) in [5.41, 5.74) is 1.69. The quantitative estimate of drug-likeness (QED) is 0.739. The third-order valence-electron chi connectivity index (χ3n) is 2.36. The van der Waals surface area contributed by atoms with Crippen LogP contribution in [0.5, 0.6) is 0 Å². The zero-order valence-electron chi connectivity index (χ0n) is 9.50. The van der Waals surface area contributed by atoms with E-state index in [4.69, 9.17) is 0 Å². The van der Waals surface area contributed by atoms with Crippen LogP contribution in [0.4, 0.5) is 0 Å². The highest BCUT2D eigenvalue weighted by Gasteiger charge is 2.05. The first-order valence-corrected chi connectivity index (χ1v) is 5.36. The van der Waals surface area contributed by atoms with Crippen molar-refractivity contribution in [2.45, 2.75) is 6.42 Å². The zero-order valence-corrected chi connectivity index (χ0v) is 9.50. The average Bonchev–Trinajstić information content (AvgIpc) is 2.67. The predicted octanol–water partition coefficient (Wildman–Crippen LogP) is 2.97. The molecule has 0 atom stereocenters. The summed E-state index contributed by atoms with van der Waals surface area (Å²) < 4.78 is 0. The van der Waals surface area contributed by atoms with Crippen molar-refractivity contribution in [3.8, 4) is 0 Å². The first-order chi connectivity index (χ1) is 8.31. The summed E-state index contributed by atoms with van der Waals surface area (Å²) in [6, 6.07) is 0. The number of allylic oxidation sites excluding steroid dienone is 8. The Balaban J connectivity index is 2.36. The lowest BCUT2D eigenvalue weighted by atomic mass is 10.2. The van der Waals surface area contributed by atoms with Crippen molar-refractivity contribution in [3.63, 3.8) is 0 Å². The van der Waals surface area contributed by atoms with E-state index in [0.29, 0.717) is 17.2 Å². The van der Waals surface area contributed by atoms with Gasteiger partial charge in [0.2, 0.25) is 0 Å².